The lowest BCUT2D eigenvalue weighted by molar-refractivity contribution is 0.0210. The third kappa shape index (κ3) is 7.87. The molecule has 1 amide bonds. The fraction of sp³-hybridized carbons (Fsp3) is 0.577. The van der Waals surface area contributed by atoms with Crippen molar-refractivity contribution < 1.29 is 22.7 Å². The topological polar surface area (TPSA) is 144 Å². The van der Waals surface area contributed by atoms with Crippen LogP contribution >= 0.6 is 11.6 Å². The second kappa shape index (κ2) is 12.8. The van der Waals surface area contributed by atoms with Gasteiger partial charge in [0.25, 0.3) is 5.56 Å². The van der Waals surface area contributed by atoms with Crippen LogP contribution in [0.25, 0.3) is 0 Å². The Morgan fingerprint density at radius 3 is 2.55 bits per heavy atom. The predicted octanol–water partition coefficient (Wildman–Crippen LogP) is 3.23. The van der Waals surface area contributed by atoms with Gasteiger partial charge in [-0.2, -0.15) is 17.8 Å². The fourth-order valence-corrected chi connectivity index (χ4v) is 6.22. The minimum atomic E-state index is -3.71. The first kappa shape index (κ1) is 30.1. The number of hydrogen-bond acceptors (Lipinski definition) is 8. The number of para-hydroxylation sites is 1. The number of nitrogens with one attached hydrogen (secondary N) is 3. The van der Waals surface area contributed by atoms with Crippen molar-refractivity contribution in [2.75, 3.05) is 42.9 Å². The zero-order chi connectivity index (χ0) is 28.9. The molecule has 4 rings (SSSR count). The van der Waals surface area contributed by atoms with Gasteiger partial charge in [-0.1, -0.05) is 29.8 Å². The molecule has 14 heteroatoms. The molecule has 2 atom stereocenters. The van der Waals surface area contributed by atoms with Gasteiger partial charge < -0.3 is 20.1 Å². The SMILES string of the molecule is CC(C)(C)OC(=O)N[C@H]1CCOC[C@@H]1CNc1cnn(C2CCN(S(=O)(=O)Nc3ccccc3)CC2)c(=O)c1Cl. The Morgan fingerprint density at radius 1 is 1.18 bits per heavy atom. The maximum Gasteiger partial charge on any atom is 0.407 e. The molecule has 0 radical (unpaired) electrons. The molecule has 12 nitrogen and oxygen atoms in total. The molecule has 0 aliphatic carbocycles. The number of carbonyl (C=O) groups is 1. The molecule has 1 aromatic carbocycles. The van der Waals surface area contributed by atoms with Crippen molar-refractivity contribution in [3.63, 3.8) is 0 Å². The Kier molecular flexibility index (Phi) is 9.60. The molecule has 2 aromatic rings. The summed E-state index contributed by atoms with van der Waals surface area (Å²) in [6.07, 6.45) is 2.49. The largest absolute Gasteiger partial charge is 0.444 e. The molecule has 1 aromatic heterocycles. The van der Waals surface area contributed by atoms with Crippen molar-refractivity contribution in [1.82, 2.24) is 19.4 Å². The fourth-order valence-electron chi connectivity index (χ4n) is 4.76. The smallest absolute Gasteiger partial charge is 0.407 e. The lowest BCUT2D eigenvalue weighted by Gasteiger charge is -2.33. The van der Waals surface area contributed by atoms with Crippen molar-refractivity contribution in [2.24, 2.45) is 5.92 Å². The normalized spacial score (nSPS) is 21.0. The van der Waals surface area contributed by atoms with Crippen LogP contribution in [0.15, 0.2) is 41.3 Å². The van der Waals surface area contributed by atoms with E-state index in [-0.39, 0.29) is 36.1 Å². The zero-order valence-corrected chi connectivity index (χ0v) is 24.5. The number of rotatable bonds is 8. The second-order valence-corrected chi connectivity index (χ2v) is 13.0. The third-order valence-corrected chi connectivity index (χ3v) is 8.71. The molecule has 2 saturated heterocycles. The van der Waals surface area contributed by atoms with Crippen LogP contribution in [-0.4, -0.2) is 73.1 Å². The summed E-state index contributed by atoms with van der Waals surface area (Å²) in [5.74, 6) is -0.0736. The summed E-state index contributed by atoms with van der Waals surface area (Å²) in [7, 11) is -3.71. The lowest BCUT2D eigenvalue weighted by atomic mass is 9.95. The van der Waals surface area contributed by atoms with E-state index in [1.165, 1.54) is 15.2 Å². The number of piperidine rings is 1. The van der Waals surface area contributed by atoms with E-state index in [0.29, 0.717) is 50.4 Å². The van der Waals surface area contributed by atoms with Gasteiger partial charge >= 0.3 is 16.3 Å². The average Bonchev–Trinajstić information content (AvgIpc) is 2.90. The molecule has 0 spiro atoms. The van der Waals surface area contributed by atoms with E-state index in [9.17, 15) is 18.0 Å². The summed E-state index contributed by atoms with van der Waals surface area (Å²) in [6.45, 7) is 7.26. The summed E-state index contributed by atoms with van der Waals surface area (Å²) in [4.78, 5) is 25.4. The summed E-state index contributed by atoms with van der Waals surface area (Å²) in [5, 5.41) is 10.4. The van der Waals surface area contributed by atoms with Gasteiger partial charge in [-0.3, -0.25) is 9.52 Å². The van der Waals surface area contributed by atoms with E-state index < -0.39 is 27.5 Å². The molecule has 2 fully saturated rings. The van der Waals surface area contributed by atoms with Crippen LogP contribution in [-0.2, 0) is 19.7 Å². The van der Waals surface area contributed by atoms with Gasteiger partial charge in [0.2, 0.25) is 0 Å². The Bertz CT molecular complexity index is 1330. The molecule has 3 heterocycles. The number of nitrogens with zero attached hydrogens (tertiary/aromatic N) is 3. The van der Waals surface area contributed by atoms with Crippen LogP contribution in [0.4, 0.5) is 16.2 Å². The number of alkyl carbamates (subject to hydrolysis) is 1. The molecule has 2 aliphatic heterocycles. The van der Waals surface area contributed by atoms with Crippen LogP contribution in [0.5, 0.6) is 0 Å². The number of anilines is 2. The van der Waals surface area contributed by atoms with E-state index in [1.807, 2.05) is 6.07 Å². The van der Waals surface area contributed by atoms with Gasteiger partial charge in [-0.05, 0) is 52.2 Å². The van der Waals surface area contributed by atoms with Gasteiger partial charge in [0.1, 0.15) is 10.6 Å². The molecule has 2 aliphatic rings. The van der Waals surface area contributed by atoms with Crippen molar-refractivity contribution in [2.45, 2.75) is 57.7 Å². The van der Waals surface area contributed by atoms with Gasteiger partial charge in [0.05, 0.1) is 24.5 Å². The minimum absolute atomic E-state index is 0.00387. The zero-order valence-electron chi connectivity index (χ0n) is 22.9. The highest BCUT2D eigenvalue weighted by Crippen LogP contribution is 2.26. The van der Waals surface area contributed by atoms with E-state index in [1.54, 1.807) is 45.0 Å². The maximum atomic E-state index is 13.1. The highest BCUT2D eigenvalue weighted by atomic mass is 35.5. The number of benzene rings is 1. The van der Waals surface area contributed by atoms with Crippen molar-refractivity contribution in [3.8, 4) is 0 Å². The van der Waals surface area contributed by atoms with Crippen molar-refractivity contribution in [1.29, 1.82) is 0 Å². The lowest BCUT2D eigenvalue weighted by Crippen LogP contribution is -2.49. The number of aromatic nitrogens is 2. The van der Waals surface area contributed by atoms with Gasteiger partial charge in [-0.25, -0.2) is 9.48 Å². The van der Waals surface area contributed by atoms with Gasteiger partial charge in [-0.15, -0.1) is 0 Å². The van der Waals surface area contributed by atoms with Gasteiger partial charge in [0, 0.05) is 43.9 Å². The Balaban J connectivity index is 1.34. The molecule has 0 bridgehead atoms. The number of ether oxygens (including phenoxy) is 2. The Morgan fingerprint density at radius 2 is 1.88 bits per heavy atom. The summed E-state index contributed by atoms with van der Waals surface area (Å²) < 4.78 is 41.8. The first-order valence-corrected chi connectivity index (χ1v) is 15.2. The van der Waals surface area contributed by atoms with E-state index in [0.717, 1.165) is 0 Å². The van der Waals surface area contributed by atoms with Crippen LogP contribution in [0.3, 0.4) is 0 Å². The number of carbonyl (C=O) groups excluding carboxylic acids is 1. The van der Waals surface area contributed by atoms with Crippen LogP contribution in [0, 0.1) is 5.92 Å². The third-order valence-electron chi connectivity index (χ3n) is 6.80. The average molecular weight is 597 g/mol. The minimum Gasteiger partial charge on any atom is -0.444 e. The monoisotopic (exact) mass is 596 g/mol. The van der Waals surface area contributed by atoms with Crippen LogP contribution < -0.4 is 20.9 Å². The summed E-state index contributed by atoms with van der Waals surface area (Å²) in [6, 6.07) is 8.25. The Labute approximate surface area is 239 Å². The van der Waals surface area contributed by atoms with E-state index >= 15 is 0 Å². The summed E-state index contributed by atoms with van der Waals surface area (Å²) in [5.41, 5.74) is -0.171. The van der Waals surface area contributed by atoms with Crippen LogP contribution in [0.2, 0.25) is 5.02 Å². The van der Waals surface area contributed by atoms with Crippen LogP contribution in [0.1, 0.15) is 46.1 Å². The van der Waals surface area contributed by atoms with Crippen molar-refractivity contribution in [3.05, 3.63) is 51.9 Å². The number of halogens is 1. The highest BCUT2D eigenvalue weighted by molar-refractivity contribution is 7.90. The number of amides is 1. The molecule has 40 heavy (non-hydrogen) atoms. The van der Waals surface area contributed by atoms with E-state index in [4.69, 9.17) is 21.1 Å². The predicted molar refractivity (Wildman–Crippen MR) is 153 cm³/mol. The van der Waals surface area contributed by atoms with Crippen molar-refractivity contribution >= 4 is 39.3 Å². The van der Waals surface area contributed by atoms with Gasteiger partial charge in [0.15, 0.2) is 0 Å². The highest BCUT2D eigenvalue weighted by Gasteiger charge is 2.31. The molecule has 3 N–H and O–H groups in total. The first-order chi connectivity index (χ1) is 18.9. The standard InChI is InChI=1S/C26H37ClN6O6S/c1-26(2,3)39-25(35)30-21-11-14-38-17-18(21)15-28-22-16-29-33(24(34)23(22)27)20-9-12-32(13-10-20)40(36,37)31-19-7-5-4-6-8-19/h4-8,16,18,20-21,28,31H,9-15,17H2,1-3H3,(H,30,35)/t18-,21-/m0/s1. The molecule has 0 saturated carbocycles. The first-order valence-electron chi connectivity index (χ1n) is 13.3. The summed E-state index contributed by atoms with van der Waals surface area (Å²) >= 11 is 6.45. The molecule has 220 valence electrons. The Hall–Kier alpha value is -2.87. The number of hydrogen-bond donors (Lipinski definition) is 3. The molecular weight excluding hydrogens is 560 g/mol. The van der Waals surface area contributed by atoms with E-state index in [2.05, 4.69) is 20.5 Å². The second-order valence-electron chi connectivity index (χ2n) is 11.0. The quantitative estimate of drug-likeness (QED) is 0.421. The molecule has 0 unspecified atom stereocenters. The molecular formula is C26H37ClN6O6S. The maximum absolute atomic E-state index is 13.1.